The number of hydrogen-bond donors (Lipinski definition) is 1. The van der Waals surface area contributed by atoms with Crippen LogP contribution < -0.4 is 4.74 Å². The third-order valence-electron chi connectivity index (χ3n) is 4.20. The number of carbonyl (C=O) groups is 1. The van der Waals surface area contributed by atoms with E-state index in [4.69, 9.17) is 4.74 Å². The van der Waals surface area contributed by atoms with Crippen LogP contribution in [0.15, 0.2) is 24.4 Å². The first-order chi connectivity index (χ1) is 11.7. The first-order valence-electron chi connectivity index (χ1n) is 9.20. The van der Waals surface area contributed by atoms with E-state index in [0.717, 1.165) is 38.0 Å². The van der Waals surface area contributed by atoms with Gasteiger partial charge in [-0.3, -0.25) is 4.79 Å². The maximum Gasteiger partial charge on any atom is 0.311 e. The molecule has 0 aliphatic rings. The van der Waals surface area contributed by atoms with E-state index in [2.05, 4.69) is 36.0 Å². The lowest BCUT2D eigenvalue weighted by molar-refractivity contribution is -0.134. The van der Waals surface area contributed by atoms with Crippen molar-refractivity contribution in [2.45, 2.75) is 52.9 Å². The molecular weight excluding hydrogens is 300 g/mol. The molecule has 4 nitrogen and oxygen atoms in total. The second kappa shape index (κ2) is 9.48. The van der Waals surface area contributed by atoms with Crippen LogP contribution in [-0.4, -0.2) is 35.5 Å². The fourth-order valence-electron chi connectivity index (χ4n) is 3.07. The summed E-state index contributed by atoms with van der Waals surface area (Å²) in [5.74, 6) is 0.450. The van der Waals surface area contributed by atoms with Gasteiger partial charge in [-0.2, -0.15) is 0 Å². The van der Waals surface area contributed by atoms with Crippen molar-refractivity contribution in [3.05, 3.63) is 30.0 Å². The summed E-state index contributed by atoms with van der Waals surface area (Å²) in [5.41, 5.74) is 2.36. The van der Waals surface area contributed by atoms with E-state index in [1.807, 2.05) is 19.1 Å². The molecule has 132 valence electrons. The number of aromatic amines is 1. The van der Waals surface area contributed by atoms with Crippen molar-refractivity contribution >= 4 is 16.9 Å². The molecule has 2 aromatic rings. The lowest BCUT2D eigenvalue weighted by atomic mass is 10.1. The summed E-state index contributed by atoms with van der Waals surface area (Å²) >= 11 is 0. The zero-order chi connectivity index (χ0) is 17.4. The number of carbonyl (C=O) groups excluding carboxylic acids is 1. The van der Waals surface area contributed by atoms with Crippen LogP contribution >= 0.6 is 0 Å². The molecule has 4 heteroatoms. The van der Waals surface area contributed by atoms with E-state index in [-0.39, 0.29) is 5.97 Å². The smallest absolute Gasteiger partial charge is 0.311 e. The second-order valence-corrected chi connectivity index (χ2v) is 6.34. The van der Waals surface area contributed by atoms with Crippen LogP contribution in [0, 0.1) is 0 Å². The van der Waals surface area contributed by atoms with Crippen LogP contribution in [0.2, 0.25) is 0 Å². The minimum atomic E-state index is -0.168. The number of fused-ring (bicyclic) bond motifs is 1. The number of hydrogen-bond acceptors (Lipinski definition) is 3. The molecule has 0 saturated carbocycles. The molecule has 0 radical (unpaired) electrons. The van der Waals surface area contributed by atoms with Gasteiger partial charge in [0.1, 0.15) is 5.75 Å². The van der Waals surface area contributed by atoms with Gasteiger partial charge in [0.25, 0.3) is 0 Å². The van der Waals surface area contributed by atoms with Gasteiger partial charge in [0.2, 0.25) is 0 Å². The maximum absolute atomic E-state index is 11.6. The standard InChI is InChI=1S/C20H30N2O2/c1-4-7-20(23)24-17-8-9-18-16(15-21-19(18)14-17)10-13-22(11-5-2)12-6-3/h8-9,14-15,21H,4-7,10-13H2,1-3H3. The van der Waals surface area contributed by atoms with Crippen molar-refractivity contribution < 1.29 is 9.53 Å². The molecule has 0 aliphatic heterocycles. The van der Waals surface area contributed by atoms with Gasteiger partial charge < -0.3 is 14.6 Å². The SMILES string of the molecule is CCCC(=O)Oc1ccc2c(CCN(CCC)CCC)c[nH]c2c1. The maximum atomic E-state index is 11.6. The summed E-state index contributed by atoms with van der Waals surface area (Å²) in [7, 11) is 0. The first-order valence-corrected chi connectivity index (χ1v) is 9.20. The third-order valence-corrected chi connectivity index (χ3v) is 4.20. The number of ether oxygens (including phenoxy) is 1. The van der Waals surface area contributed by atoms with Gasteiger partial charge >= 0.3 is 5.97 Å². The quantitative estimate of drug-likeness (QED) is 0.514. The molecule has 1 aromatic heterocycles. The molecule has 1 N–H and O–H groups in total. The number of esters is 1. The molecule has 0 aliphatic carbocycles. The fourth-order valence-corrected chi connectivity index (χ4v) is 3.07. The molecule has 24 heavy (non-hydrogen) atoms. The molecule has 0 bridgehead atoms. The highest BCUT2D eigenvalue weighted by Crippen LogP contribution is 2.24. The fraction of sp³-hybridized carbons (Fsp3) is 0.550. The zero-order valence-electron chi connectivity index (χ0n) is 15.2. The summed E-state index contributed by atoms with van der Waals surface area (Å²) in [6.45, 7) is 9.84. The van der Waals surface area contributed by atoms with Crippen LogP contribution in [0.4, 0.5) is 0 Å². The van der Waals surface area contributed by atoms with Crippen LogP contribution in [0.25, 0.3) is 10.9 Å². The number of nitrogens with one attached hydrogen (secondary N) is 1. The normalized spacial score (nSPS) is 11.3. The Morgan fingerprint density at radius 2 is 1.83 bits per heavy atom. The number of aromatic nitrogens is 1. The van der Waals surface area contributed by atoms with Crippen molar-refractivity contribution in [3.8, 4) is 5.75 Å². The molecule has 0 saturated heterocycles. The van der Waals surface area contributed by atoms with Gasteiger partial charge in [0, 0.05) is 36.1 Å². The van der Waals surface area contributed by atoms with Gasteiger partial charge in [-0.05, 0) is 56.5 Å². The molecule has 0 unspecified atom stereocenters. The van der Waals surface area contributed by atoms with Crippen LogP contribution in [0.3, 0.4) is 0 Å². The Morgan fingerprint density at radius 3 is 2.50 bits per heavy atom. The Labute approximate surface area is 145 Å². The lowest BCUT2D eigenvalue weighted by Gasteiger charge is -2.20. The lowest BCUT2D eigenvalue weighted by Crippen LogP contribution is -2.27. The van der Waals surface area contributed by atoms with Gasteiger partial charge in [0.05, 0.1) is 0 Å². The molecule has 0 fully saturated rings. The minimum absolute atomic E-state index is 0.168. The Balaban J connectivity index is 2.03. The molecule has 0 atom stereocenters. The van der Waals surface area contributed by atoms with Gasteiger partial charge in [-0.1, -0.05) is 20.8 Å². The summed E-state index contributed by atoms with van der Waals surface area (Å²) < 4.78 is 5.37. The summed E-state index contributed by atoms with van der Waals surface area (Å²) in [5, 5.41) is 1.22. The molecule has 2 rings (SSSR count). The Hall–Kier alpha value is -1.81. The number of benzene rings is 1. The van der Waals surface area contributed by atoms with Crippen molar-refractivity contribution in [2.75, 3.05) is 19.6 Å². The number of H-pyrrole nitrogens is 1. The number of nitrogens with zero attached hydrogens (tertiary/aromatic N) is 1. The van der Waals surface area contributed by atoms with Gasteiger partial charge in [0.15, 0.2) is 0 Å². The van der Waals surface area contributed by atoms with Crippen molar-refractivity contribution in [1.29, 1.82) is 0 Å². The molecule has 0 amide bonds. The first kappa shape index (κ1) is 18.5. The van der Waals surface area contributed by atoms with E-state index in [1.54, 1.807) is 0 Å². The highest BCUT2D eigenvalue weighted by atomic mass is 16.5. The topological polar surface area (TPSA) is 45.3 Å². The largest absolute Gasteiger partial charge is 0.426 e. The Morgan fingerprint density at radius 1 is 1.08 bits per heavy atom. The monoisotopic (exact) mass is 330 g/mol. The van der Waals surface area contributed by atoms with Crippen LogP contribution in [0.1, 0.15) is 52.0 Å². The highest BCUT2D eigenvalue weighted by Gasteiger charge is 2.09. The number of rotatable bonds is 10. The predicted molar refractivity (Wildman–Crippen MR) is 99.6 cm³/mol. The molecule has 0 spiro atoms. The van der Waals surface area contributed by atoms with E-state index in [9.17, 15) is 4.79 Å². The Kier molecular flexibility index (Phi) is 7.32. The molecule has 1 aromatic carbocycles. The van der Waals surface area contributed by atoms with E-state index >= 15 is 0 Å². The molecule has 1 heterocycles. The average Bonchev–Trinajstić information content (AvgIpc) is 2.95. The van der Waals surface area contributed by atoms with Gasteiger partial charge in [-0.15, -0.1) is 0 Å². The van der Waals surface area contributed by atoms with Crippen molar-refractivity contribution in [2.24, 2.45) is 0 Å². The van der Waals surface area contributed by atoms with Crippen LogP contribution in [-0.2, 0) is 11.2 Å². The van der Waals surface area contributed by atoms with E-state index in [1.165, 1.54) is 23.8 Å². The van der Waals surface area contributed by atoms with E-state index in [0.29, 0.717) is 12.2 Å². The summed E-state index contributed by atoms with van der Waals surface area (Å²) in [6, 6.07) is 5.87. The van der Waals surface area contributed by atoms with Crippen LogP contribution in [0.5, 0.6) is 5.75 Å². The third kappa shape index (κ3) is 5.10. The average molecular weight is 330 g/mol. The minimum Gasteiger partial charge on any atom is -0.426 e. The molecular formula is C20H30N2O2. The summed E-state index contributed by atoms with van der Waals surface area (Å²) in [4.78, 5) is 17.5. The van der Waals surface area contributed by atoms with Gasteiger partial charge in [-0.25, -0.2) is 0 Å². The zero-order valence-corrected chi connectivity index (χ0v) is 15.2. The highest BCUT2D eigenvalue weighted by molar-refractivity contribution is 5.85. The van der Waals surface area contributed by atoms with E-state index < -0.39 is 0 Å². The second-order valence-electron chi connectivity index (χ2n) is 6.34. The van der Waals surface area contributed by atoms with Crippen molar-refractivity contribution in [3.63, 3.8) is 0 Å². The van der Waals surface area contributed by atoms with Crippen molar-refractivity contribution in [1.82, 2.24) is 9.88 Å². The predicted octanol–water partition coefficient (Wildman–Crippen LogP) is 4.54. The summed E-state index contributed by atoms with van der Waals surface area (Å²) in [6.07, 6.45) is 6.77. The Bertz CT molecular complexity index is 642.